The van der Waals surface area contributed by atoms with Crippen LogP contribution in [0, 0.1) is 24.0 Å². The average molecular weight is 285 g/mol. The molecule has 0 aliphatic rings. The standard InChI is InChI=1S/C15H15N3O3/c1-10-11(2)15(21-3)9-8-14(10)17-16-12-4-6-13(7-5-12)18(19)20/h4-9H,1-3H3/b17-16+. The van der Waals surface area contributed by atoms with Crippen LogP contribution in [-0.4, -0.2) is 12.0 Å². The highest BCUT2D eigenvalue weighted by Gasteiger charge is 2.06. The van der Waals surface area contributed by atoms with E-state index in [9.17, 15) is 10.1 Å². The lowest BCUT2D eigenvalue weighted by Crippen LogP contribution is -1.89. The van der Waals surface area contributed by atoms with Crippen LogP contribution < -0.4 is 4.74 Å². The smallest absolute Gasteiger partial charge is 0.269 e. The topological polar surface area (TPSA) is 77.1 Å². The van der Waals surface area contributed by atoms with E-state index in [1.165, 1.54) is 12.1 Å². The van der Waals surface area contributed by atoms with Crippen LogP contribution in [0.4, 0.5) is 17.1 Å². The molecule has 6 nitrogen and oxygen atoms in total. The zero-order valence-corrected chi connectivity index (χ0v) is 12.0. The fraction of sp³-hybridized carbons (Fsp3) is 0.200. The Labute approximate surface area is 122 Å². The van der Waals surface area contributed by atoms with E-state index >= 15 is 0 Å². The molecule has 0 fully saturated rings. The van der Waals surface area contributed by atoms with Crippen molar-refractivity contribution >= 4 is 17.1 Å². The van der Waals surface area contributed by atoms with Crippen LogP contribution >= 0.6 is 0 Å². The Kier molecular flexibility index (Phi) is 4.27. The first-order chi connectivity index (χ1) is 10.0. The third-order valence-electron chi connectivity index (χ3n) is 3.26. The predicted molar refractivity (Wildman–Crippen MR) is 79.7 cm³/mol. The van der Waals surface area contributed by atoms with Crippen LogP contribution in [0.1, 0.15) is 11.1 Å². The van der Waals surface area contributed by atoms with Gasteiger partial charge in [-0.3, -0.25) is 10.1 Å². The molecule has 2 aromatic rings. The summed E-state index contributed by atoms with van der Waals surface area (Å²) in [6, 6.07) is 9.60. The summed E-state index contributed by atoms with van der Waals surface area (Å²) in [4.78, 5) is 10.1. The molecular weight excluding hydrogens is 270 g/mol. The Hall–Kier alpha value is -2.76. The van der Waals surface area contributed by atoms with Gasteiger partial charge >= 0.3 is 0 Å². The van der Waals surface area contributed by atoms with E-state index in [0.29, 0.717) is 5.69 Å². The van der Waals surface area contributed by atoms with Crippen molar-refractivity contribution < 1.29 is 9.66 Å². The van der Waals surface area contributed by atoms with E-state index in [2.05, 4.69) is 10.2 Å². The number of rotatable bonds is 4. The molecule has 0 aliphatic carbocycles. The zero-order chi connectivity index (χ0) is 15.4. The van der Waals surface area contributed by atoms with Crippen molar-refractivity contribution in [2.45, 2.75) is 13.8 Å². The summed E-state index contributed by atoms with van der Waals surface area (Å²) in [5, 5.41) is 18.9. The molecule has 0 radical (unpaired) electrons. The summed E-state index contributed by atoms with van der Waals surface area (Å²) in [6.07, 6.45) is 0. The Bertz CT molecular complexity index is 694. The van der Waals surface area contributed by atoms with Gasteiger partial charge in [0.25, 0.3) is 5.69 Å². The molecule has 0 unspecified atom stereocenters. The number of methoxy groups -OCH3 is 1. The summed E-state index contributed by atoms with van der Waals surface area (Å²) in [5.74, 6) is 0.807. The van der Waals surface area contributed by atoms with Crippen molar-refractivity contribution in [1.29, 1.82) is 0 Å². The lowest BCUT2D eigenvalue weighted by atomic mass is 10.1. The minimum atomic E-state index is -0.447. The van der Waals surface area contributed by atoms with Gasteiger partial charge in [-0.15, -0.1) is 0 Å². The Balaban J connectivity index is 2.25. The van der Waals surface area contributed by atoms with E-state index in [0.717, 1.165) is 22.6 Å². The molecule has 0 heterocycles. The molecule has 0 N–H and O–H groups in total. The highest BCUT2D eigenvalue weighted by molar-refractivity contribution is 5.55. The SMILES string of the molecule is COc1ccc(/N=N/c2ccc([N+](=O)[O-])cc2)c(C)c1C. The summed E-state index contributed by atoms with van der Waals surface area (Å²) < 4.78 is 5.24. The van der Waals surface area contributed by atoms with Crippen molar-refractivity contribution in [2.75, 3.05) is 7.11 Å². The number of benzene rings is 2. The molecule has 0 saturated carbocycles. The molecule has 21 heavy (non-hydrogen) atoms. The van der Waals surface area contributed by atoms with Crippen LogP contribution in [0.25, 0.3) is 0 Å². The van der Waals surface area contributed by atoms with Crippen LogP contribution in [0.2, 0.25) is 0 Å². The first kappa shape index (κ1) is 14.6. The molecule has 2 rings (SSSR count). The van der Waals surface area contributed by atoms with E-state index in [4.69, 9.17) is 4.74 Å². The van der Waals surface area contributed by atoms with Gasteiger partial charge in [0.05, 0.1) is 23.4 Å². The second-order valence-corrected chi connectivity index (χ2v) is 4.51. The Morgan fingerprint density at radius 3 is 2.24 bits per heavy atom. The predicted octanol–water partition coefficient (Wildman–Crippen LogP) is 4.64. The van der Waals surface area contributed by atoms with E-state index in [-0.39, 0.29) is 5.69 Å². The van der Waals surface area contributed by atoms with Gasteiger partial charge in [0.1, 0.15) is 5.75 Å². The van der Waals surface area contributed by atoms with Gasteiger partial charge in [0.15, 0.2) is 0 Å². The van der Waals surface area contributed by atoms with Gasteiger partial charge in [-0.1, -0.05) is 0 Å². The molecule has 0 spiro atoms. The molecule has 0 aromatic heterocycles. The van der Waals surface area contributed by atoms with Crippen molar-refractivity contribution in [3.8, 4) is 5.75 Å². The number of hydrogen-bond donors (Lipinski definition) is 0. The third kappa shape index (κ3) is 3.22. The maximum Gasteiger partial charge on any atom is 0.269 e. The molecule has 6 heteroatoms. The minimum absolute atomic E-state index is 0.0328. The maximum absolute atomic E-state index is 10.6. The summed E-state index contributed by atoms with van der Waals surface area (Å²) in [5.41, 5.74) is 3.34. The number of ether oxygens (including phenoxy) is 1. The van der Waals surface area contributed by atoms with Crippen LogP contribution in [-0.2, 0) is 0 Å². The molecule has 0 saturated heterocycles. The second kappa shape index (κ2) is 6.13. The van der Waals surface area contributed by atoms with Gasteiger partial charge in [-0.25, -0.2) is 0 Å². The Morgan fingerprint density at radius 1 is 1.00 bits per heavy atom. The lowest BCUT2D eigenvalue weighted by Gasteiger charge is -2.08. The van der Waals surface area contributed by atoms with Crippen molar-refractivity contribution in [3.05, 3.63) is 57.6 Å². The Morgan fingerprint density at radius 2 is 1.67 bits per heavy atom. The molecule has 108 valence electrons. The maximum atomic E-state index is 10.6. The molecular formula is C15H15N3O3. The molecule has 0 amide bonds. The van der Waals surface area contributed by atoms with E-state index in [1.807, 2.05) is 26.0 Å². The number of azo groups is 1. The monoisotopic (exact) mass is 285 g/mol. The van der Waals surface area contributed by atoms with Gasteiger partial charge in [-0.05, 0) is 49.2 Å². The van der Waals surface area contributed by atoms with Crippen molar-refractivity contribution in [1.82, 2.24) is 0 Å². The zero-order valence-electron chi connectivity index (χ0n) is 12.0. The highest BCUT2D eigenvalue weighted by atomic mass is 16.6. The summed E-state index contributed by atoms with van der Waals surface area (Å²) >= 11 is 0. The fourth-order valence-corrected chi connectivity index (χ4v) is 1.86. The van der Waals surface area contributed by atoms with Gasteiger partial charge in [-0.2, -0.15) is 10.2 Å². The summed E-state index contributed by atoms with van der Waals surface area (Å²) in [6.45, 7) is 3.90. The number of nitro benzene ring substituents is 1. The molecule has 0 aliphatic heterocycles. The number of non-ortho nitro benzene ring substituents is 1. The normalized spacial score (nSPS) is 10.8. The van der Waals surface area contributed by atoms with Gasteiger partial charge in [0, 0.05) is 12.1 Å². The first-order valence-corrected chi connectivity index (χ1v) is 6.33. The number of nitro groups is 1. The van der Waals surface area contributed by atoms with Crippen LogP contribution in [0.5, 0.6) is 5.75 Å². The summed E-state index contributed by atoms with van der Waals surface area (Å²) in [7, 11) is 1.62. The molecule has 0 bridgehead atoms. The minimum Gasteiger partial charge on any atom is -0.496 e. The van der Waals surface area contributed by atoms with Crippen molar-refractivity contribution in [2.24, 2.45) is 10.2 Å². The lowest BCUT2D eigenvalue weighted by molar-refractivity contribution is -0.384. The number of hydrogen-bond acceptors (Lipinski definition) is 5. The largest absolute Gasteiger partial charge is 0.496 e. The third-order valence-corrected chi connectivity index (χ3v) is 3.26. The molecule has 2 aromatic carbocycles. The van der Waals surface area contributed by atoms with Gasteiger partial charge in [0.2, 0.25) is 0 Å². The quantitative estimate of drug-likeness (QED) is 0.466. The van der Waals surface area contributed by atoms with E-state index in [1.54, 1.807) is 19.2 Å². The highest BCUT2D eigenvalue weighted by Crippen LogP contribution is 2.30. The first-order valence-electron chi connectivity index (χ1n) is 6.33. The van der Waals surface area contributed by atoms with Gasteiger partial charge < -0.3 is 4.74 Å². The van der Waals surface area contributed by atoms with Crippen LogP contribution in [0.15, 0.2) is 46.6 Å². The molecule has 0 atom stereocenters. The van der Waals surface area contributed by atoms with Crippen LogP contribution in [0.3, 0.4) is 0 Å². The van der Waals surface area contributed by atoms with E-state index < -0.39 is 4.92 Å². The van der Waals surface area contributed by atoms with Crippen molar-refractivity contribution in [3.63, 3.8) is 0 Å². The number of nitrogens with zero attached hydrogens (tertiary/aromatic N) is 3. The average Bonchev–Trinajstić information content (AvgIpc) is 2.49. The fourth-order valence-electron chi connectivity index (χ4n) is 1.86. The second-order valence-electron chi connectivity index (χ2n) is 4.51.